The number of alkyl halides is 3. The molecule has 228 valence electrons. The van der Waals surface area contributed by atoms with Gasteiger partial charge in [-0.25, -0.2) is 19.5 Å². The van der Waals surface area contributed by atoms with E-state index in [1.54, 1.807) is 54.8 Å². The van der Waals surface area contributed by atoms with Gasteiger partial charge in [0, 0.05) is 37.8 Å². The first-order valence-electron chi connectivity index (χ1n) is 14.1. The molecule has 2 aromatic rings. The molecule has 1 N–H and O–H groups in total. The Morgan fingerprint density at radius 2 is 1.81 bits per heavy atom. The van der Waals surface area contributed by atoms with Gasteiger partial charge in [0.2, 0.25) is 5.95 Å². The number of aromatic nitrogens is 2. The fourth-order valence-corrected chi connectivity index (χ4v) is 5.14. The lowest BCUT2D eigenvalue weighted by atomic mass is 10.0. The third-order valence-corrected chi connectivity index (χ3v) is 7.12. The quantitative estimate of drug-likeness (QED) is 0.313. The molecular weight excluding hydrogens is 553 g/mol. The Hall–Kier alpha value is -3.90. The minimum atomic E-state index is -4.52. The maximum atomic E-state index is 13.4. The van der Waals surface area contributed by atoms with E-state index in [-0.39, 0.29) is 35.7 Å². The van der Waals surface area contributed by atoms with Crippen molar-refractivity contribution in [2.45, 2.75) is 84.2 Å². The third kappa shape index (κ3) is 7.11. The highest BCUT2D eigenvalue weighted by Gasteiger charge is 2.48. The molecule has 2 aliphatic heterocycles. The molecule has 10 nitrogen and oxygen atoms in total. The van der Waals surface area contributed by atoms with Crippen molar-refractivity contribution in [1.82, 2.24) is 14.9 Å². The average Bonchev–Trinajstić information content (AvgIpc) is 3.47. The first-order chi connectivity index (χ1) is 19.7. The van der Waals surface area contributed by atoms with Crippen LogP contribution in [0.15, 0.2) is 30.5 Å². The van der Waals surface area contributed by atoms with Crippen LogP contribution >= 0.6 is 0 Å². The second-order valence-corrected chi connectivity index (χ2v) is 11.4. The molecular formula is C29H37F3N6O4. The number of nitrogens with zero attached hydrogens (tertiary/aromatic N) is 5. The Balaban J connectivity index is 1.62. The van der Waals surface area contributed by atoms with Crippen molar-refractivity contribution in [3.05, 3.63) is 41.6 Å². The van der Waals surface area contributed by atoms with E-state index < -0.39 is 36.3 Å². The van der Waals surface area contributed by atoms with E-state index in [2.05, 4.69) is 15.3 Å². The zero-order chi connectivity index (χ0) is 30.8. The SMILES string of the molecule is CCN(CC)c1ncc(CC(F)(F)F)c(N[C@@H](Cc2ccc(N3C(=O)[C@@H]4CCCN4C3=O)cc2)C(=O)OC(C)(C)C)n1. The number of hydrogen-bond acceptors (Lipinski definition) is 8. The summed E-state index contributed by atoms with van der Waals surface area (Å²) in [4.78, 5) is 52.0. The first kappa shape index (κ1) is 31.0. The summed E-state index contributed by atoms with van der Waals surface area (Å²) in [5, 5.41) is 2.92. The number of urea groups is 1. The summed E-state index contributed by atoms with van der Waals surface area (Å²) >= 11 is 0. The third-order valence-electron chi connectivity index (χ3n) is 7.12. The Kier molecular flexibility index (Phi) is 8.98. The molecule has 0 bridgehead atoms. The second-order valence-electron chi connectivity index (χ2n) is 11.4. The van der Waals surface area contributed by atoms with Crippen LogP contribution in [-0.4, -0.2) is 76.3 Å². The summed E-state index contributed by atoms with van der Waals surface area (Å²) in [7, 11) is 0. The minimum Gasteiger partial charge on any atom is -0.458 e. The number of carbonyl (C=O) groups is 3. The molecule has 0 aliphatic carbocycles. The van der Waals surface area contributed by atoms with Gasteiger partial charge in [-0.3, -0.25) is 4.79 Å². The van der Waals surface area contributed by atoms with Crippen LogP contribution in [0.1, 0.15) is 58.6 Å². The molecule has 2 fully saturated rings. The minimum absolute atomic E-state index is 0.0436. The summed E-state index contributed by atoms with van der Waals surface area (Å²) in [6.45, 7) is 10.5. The highest BCUT2D eigenvalue weighted by molar-refractivity contribution is 6.21. The van der Waals surface area contributed by atoms with Crippen LogP contribution in [0.3, 0.4) is 0 Å². The molecule has 3 amide bonds. The monoisotopic (exact) mass is 590 g/mol. The molecule has 42 heavy (non-hydrogen) atoms. The van der Waals surface area contributed by atoms with Crippen LogP contribution in [0.5, 0.6) is 0 Å². The van der Waals surface area contributed by atoms with Crippen molar-refractivity contribution in [2.24, 2.45) is 0 Å². The fraction of sp³-hybridized carbons (Fsp3) is 0.552. The van der Waals surface area contributed by atoms with Crippen molar-refractivity contribution in [3.8, 4) is 0 Å². The normalized spacial score (nSPS) is 17.9. The lowest BCUT2D eigenvalue weighted by Gasteiger charge is -2.26. The van der Waals surface area contributed by atoms with Crippen LogP contribution in [0.2, 0.25) is 0 Å². The fourth-order valence-electron chi connectivity index (χ4n) is 5.14. The zero-order valence-electron chi connectivity index (χ0n) is 24.5. The Labute approximate surface area is 243 Å². The average molecular weight is 591 g/mol. The van der Waals surface area contributed by atoms with Crippen LogP contribution in [0.25, 0.3) is 0 Å². The molecule has 0 saturated carbocycles. The summed E-state index contributed by atoms with van der Waals surface area (Å²) in [6.07, 6.45) is -3.19. The maximum absolute atomic E-state index is 13.4. The predicted molar refractivity (Wildman–Crippen MR) is 151 cm³/mol. The smallest absolute Gasteiger partial charge is 0.393 e. The number of benzene rings is 1. The molecule has 0 radical (unpaired) electrons. The topological polar surface area (TPSA) is 108 Å². The van der Waals surface area contributed by atoms with Crippen molar-refractivity contribution in [1.29, 1.82) is 0 Å². The van der Waals surface area contributed by atoms with Gasteiger partial charge in [0.05, 0.1) is 12.1 Å². The van der Waals surface area contributed by atoms with Crippen LogP contribution in [0, 0.1) is 0 Å². The summed E-state index contributed by atoms with van der Waals surface area (Å²) in [5.74, 6) is -0.798. The molecule has 3 heterocycles. The van der Waals surface area contributed by atoms with Gasteiger partial charge in [-0.2, -0.15) is 18.2 Å². The van der Waals surface area contributed by atoms with E-state index >= 15 is 0 Å². The first-order valence-corrected chi connectivity index (χ1v) is 14.1. The summed E-state index contributed by atoms with van der Waals surface area (Å²) < 4.78 is 45.9. The number of halogens is 3. The molecule has 2 saturated heterocycles. The van der Waals surface area contributed by atoms with Gasteiger partial charge in [0.15, 0.2) is 0 Å². The van der Waals surface area contributed by atoms with Crippen molar-refractivity contribution < 1.29 is 32.3 Å². The van der Waals surface area contributed by atoms with E-state index in [9.17, 15) is 27.6 Å². The van der Waals surface area contributed by atoms with Gasteiger partial charge in [0.25, 0.3) is 5.91 Å². The molecule has 0 unspecified atom stereocenters. The van der Waals surface area contributed by atoms with Crippen LogP contribution < -0.4 is 15.1 Å². The van der Waals surface area contributed by atoms with Crippen molar-refractivity contribution in [2.75, 3.05) is 34.8 Å². The number of carbonyl (C=O) groups excluding carboxylic acids is 3. The standard InChI is InChI=1S/C29H37F3N6O4/c1-6-36(7-2)26-33-17-19(16-29(30,31)32)23(35-26)34-21(25(40)42-28(3,4)5)15-18-10-12-20(13-11-18)38-24(39)22-9-8-14-37(22)27(38)41/h10-13,17,21-22H,6-9,14-16H2,1-5H3,(H,33,34,35)/t21-,22-/m0/s1. The number of rotatable bonds is 10. The predicted octanol–water partition coefficient (Wildman–Crippen LogP) is 4.72. The molecule has 0 spiro atoms. The number of amides is 3. The van der Waals surface area contributed by atoms with E-state index in [1.807, 2.05) is 13.8 Å². The number of esters is 1. The Morgan fingerprint density at radius 1 is 1.14 bits per heavy atom. The second kappa shape index (κ2) is 12.1. The molecule has 13 heteroatoms. The number of ether oxygens (including phenoxy) is 1. The van der Waals surface area contributed by atoms with E-state index in [1.165, 1.54) is 0 Å². The van der Waals surface area contributed by atoms with Gasteiger partial charge in [0.1, 0.15) is 23.5 Å². The molecule has 2 aliphatic rings. The number of anilines is 3. The van der Waals surface area contributed by atoms with Gasteiger partial charge in [-0.15, -0.1) is 0 Å². The number of imide groups is 1. The number of fused-ring (bicyclic) bond motifs is 1. The van der Waals surface area contributed by atoms with E-state index in [0.29, 0.717) is 37.3 Å². The van der Waals surface area contributed by atoms with Gasteiger partial charge >= 0.3 is 18.2 Å². The highest BCUT2D eigenvalue weighted by Crippen LogP contribution is 2.32. The van der Waals surface area contributed by atoms with Gasteiger partial charge in [-0.05, 0) is 65.2 Å². The Bertz CT molecular complexity index is 1290. The molecule has 1 aromatic carbocycles. The van der Waals surface area contributed by atoms with Gasteiger partial charge < -0.3 is 19.9 Å². The summed E-state index contributed by atoms with van der Waals surface area (Å²) in [6, 6.07) is 4.72. The molecule has 2 atom stereocenters. The molecule has 4 rings (SSSR count). The Morgan fingerprint density at radius 3 is 2.38 bits per heavy atom. The number of nitrogens with one attached hydrogen (secondary N) is 1. The lowest BCUT2D eigenvalue weighted by Crippen LogP contribution is -2.39. The maximum Gasteiger partial charge on any atom is 0.393 e. The largest absolute Gasteiger partial charge is 0.458 e. The van der Waals surface area contributed by atoms with E-state index in [4.69, 9.17) is 4.74 Å². The number of hydrogen-bond donors (Lipinski definition) is 1. The van der Waals surface area contributed by atoms with Crippen molar-refractivity contribution >= 4 is 35.4 Å². The van der Waals surface area contributed by atoms with E-state index in [0.717, 1.165) is 17.5 Å². The zero-order valence-corrected chi connectivity index (χ0v) is 24.5. The van der Waals surface area contributed by atoms with Crippen LogP contribution in [-0.2, 0) is 27.2 Å². The molecule has 1 aromatic heterocycles. The highest BCUT2D eigenvalue weighted by atomic mass is 19.4. The lowest BCUT2D eigenvalue weighted by molar-refractivity contribution is -0.155. The van der Waals surface area contributed by atoms with Crippen molar-refractivity contribution in [3.63, 3.8) is 0 Å². The summed E-state index contributed by atoms with van der Waals surface area (Å²) in [5.41, 5.74) is 0.000463. The van der Waals surface area contributed by atoms with Gasteiger partial charge in [-0.1, -0.05) is 12.1 Å². The van der Waals surface area contributed by atoms with Crippen LogP contribution in [0.4, 0.5) is 35.4 Å².